The van der Waals surface area contributed by atoms with Crippen LogP contribution in [0.2, 0.25) is 0 Å². The van der Waals surface area contributed by atoms with Crippen LogP contribution in [0.15, 0.2) is 0 Å². The summed E-state index contributed by atoms with van der Waals surface area (Å²) in [6, 6.07) is 0. The standard InChI is InChI=1S/CN.Cr.H2O.2O/c1-2;;;;/h;;1H2;;/q;+1;;;/p-1. The Kier molecular flexibility index (Phi) is 1.26. The quantitative estimate of drug-likeness (QED) is 0.463. The van der Waals surface area contributed by atoms with E-state index in [2.05, 4.69) is 0 Å². The summed E-state index contributed by atoms with van der Waals surface area (Å²) >= 11 is -4.97. The summed E-state index contributed by atoms with van der Waals surface area (Å²) in [5, 5.41) is 7.35. The van der Waals surface area contributed by atoms with Crippen molar-refractivity contribution in [2.24, 2.45) is 0 Å². The predicted molar refractivity (Wildman–Crippen MR) is 9.20 cm³/mol. The molecule has 0 unspecified atom stereocenters. The van der Waals surface area contributed by atoms with Gasteiger partial charge in [-0.15, -0.1) is 0 Å². The molecule has 0 aliphatic heterocycles. The molecule has 0 fully saturated rings. The molecule has 6 heavy (non-hydrogen) atoms. The van der Waals surface area contributed by atoms with Gasteiger partial charge in [0, 0.05) is 0 Å². The van der Waals surface area contributed by atoms with Crippen molar-refractivity contribution in [3.05, 3.63) is 0 Å². The number of nitriles is 1. The normalized spacial score (nSPS) is 10.0. The summed E-state index contributed by atoms with van der Waals surface area (Å²) < 4.78 is 26.0. The fourth-order valence-corrected chi connectivity index (χ4v) is 0. The van der Waals surface area contributed by atoms with Gasteiger partial charge in [-0.1, -0.05) is 0 Å². The first kappa shape index (κ1) is 5.58. The first-order valence-electron chi connectivity index (χ1n) is 0.944. The molecule has 4 nitrogen and oxygen atoms in total. The zero-order valence-electron chi connectivity index (χ0n) is 2.62. The first-order valence-corrected chi connectivity index (χ1v) is 3.19. The van der Waals surface area contributed by atoms with Gasteiger partial charge in [-0.25, -0.2) is 0 Å². The maximum atomic E-state index is 9.27. The zero-order valence-corrected chi connectivity index (χ0v) is 3.89. The van der Waals surface area contributed by atoms with E-state index in [1.165, 1.54) is 0 Å². The molecule has 0 radical (unpaired) electrons. The zero-order chi connectivity index (χ0) is 5.21. The number of nitrogens with zero attached hydrogens (tertiary/aromatic N) is 1. The number of hydrogen-bond acceptors (Lipinski definition) is 3. The van der Waals surface area contributed by atoms with Gasteiger partial charge in [0.1, 0.15) is 0 Å². The summed E-state index contributed by atoms with van der Waals surface area (Å²) in [5.41, 5.74) is 0. The summed E-state index contributed by atoms with van der Waals surface area (Å²) in [6.07, 6.45) is 0. The van der Waals surface area contributed by atoms with Crippen molar-refractivity contribution < 1.29 is 25.0 Å². The van der Waals surface area contributed by atoms with Gasteiger partial charge in [0.25, 0.3) is 0 Å². The molecule has 5 heteroatoms. The molecule has 0 aromatic rings. The van der Waals surface area contributed by atoms with E-state index >= 15 is 0 Å². The van der Waals surface area contributed by atoms with Crippen molar-refractivity contribution in [2.75, 3.05) is 0 Å². The van der Waals surface area contributed by atoms with Crippen LogP contribution in [0.3, 0.4) is 0 Å². The molecule has 0 spiro atoms. The molecule has 0 amide bonds. The Morgan fingerprint density at radius 1 is 1.67 bits per heavy atom. The molecule has 34 valence electrons. The van der Waals surface area contributed by atoms with Crippen molar-refractivity contribution in [1.29, 1.82) is 5.26 Å². The van der Waals surface area contributed by atoms with Crippen LogP contribution >= 0.6 is 0 Å². The average Bonchev–Trinajstić information content (AvgIpc) is 1.35. The summed E-state index contributed by atoms with van der Waals surface area (Å²) in [4.78, 5) is 0.705. The molecule has 0 heterocycles. The van der Waals surface area contributed by atoms with Gasteiger partial charge in [0.15, 0.2) is 0 Å². The molecule has 0 saturated carbocycles. The summed E-state index contributed by atoms with van der Waals surface area (Å²) in [7, 11) is 0. The molecule has 0 bridgehead atoms. The topological polar surface area (TPSA) is 78.2 Å². The third-order valence-electron chi connectivity index (χ3n) is 0.115. The van der Waals surface area contributed by atoms with E-state index in [-0.39, 0.29) is 0 Å². The third-order valence-corrected chi connectivity index (χ3v) is 0.476. The minimum absolute atomic E-state index is 0.705. The maximum absolute atomic E-state index is 9.27. The molecule has 0 saturated heterocycles. The molecular formula is CHCrNO3. The Labute approximate surface area is 36.1 Å². The molecule has 0 aromatic heterocycles. The van der Waals surface area contributed by atoms with Gasteiger partial charge in [0.05, 0.1) is 0 Å². The Morgan fingerprint density at radius 3 is 1.83 bits per heavy atom. The van der Waals surface area contributed by atoms with E-state index < -0.39 is 13.3 Å². The molecule has 0 aromatic carbocycles. The van der Waals surface area contributed by atoms with Crippen LogP contribution < -0.4 is 0 Å². The van der Waals surface area contributed by atoms with E-state index in [9.17, 15) is 7.61 Å². The second-order valence-corrected chi connectivity index (χ2v) is 2.34. The van der Waals surface area contributed by atoms with Crippen molar-refractivity contribution in [3.63, 3.8) is 0 Å². The Hall–Kier alpha value is -0.418. The van der Waals surface area contributed by atoms with Gasteiger partial charge in [0.2, 0.25) is 0 Å². The van der Waals surface area contributed by atoms with Crippen LogP contribution in [-0.4, -0.2) is 4.16 Å². The number of hydrogen-bond donors (Lipinski definition) is 1. The molecule has 0 aliphatic carbocycles. The number of rotatable bonds is 0. The third kappa shape index (κ3) is 3.58. The second-order valence-electron chi connectivity index (χ2n) is 0.566. The van der Waals surface area contributed by atoms with E-state index in [1.807, 2.05) is 0 Å². The Morgan fingerprint density at radius 2 is 1.83 bits per heavy atom. The monoisotopic (exact) mass is 127 g/mol. The fraction of sp³-hybridized carbons (Fsp3) is 0. The summed E-state index contributed by atoms with van der Waals surface area (Å²) in [5.74, 6) is 0. The van der Waals surface area contributed by atoms with Crippen molar-refractivity contribution >= 4 is 0 Å². The first-order chi connectivity index (χ1) is 2.56. The Bertz CT molecular complexity index is 160. The molecule has 0 atom stereocenters. The van der Waals surface area contributed by atoms with Crippen LogP contribution in [0.5, 0.6) is 0 Å². The second kappa shape index (κ2) is 1.36. The van der Waals surface area contributed by atoms with Crippen molar-refractivity contribution in [1.82, 2.24) is 0 Å². The van der Waals surface area contributed by atoms with Crippen molar-refractivity contribution in [3.8, 4) is 4.93 Å². The van der Waals surface area contributed by atoms with Crippen LogP contribution in [0, 0.1) is 10.2 Å². The Balaban J connectivity index is 4.41. The van der Waals surface area contributed by atoms with Crippen LogP contribution in [-0.2, 0) is 20.9 Å². The van der Waals surface area contributed by atoms with Gasteiger partial charge in [-0.3, -0.25) is 0 Å². The predicted octanol–water partition coefficient (Wildman–Crippen LogP) is -0.780. The SMILES string of the molecule is N#[C][Cr](=[O])(=[O])[OH]. The van der Waals surface area contributed by atoms with Gasteiger partial charge in [-0.2, -0.15) is 0 Å². The van der Waals surface area contributed by atoms with E-state index in [4.69, 9.17) is 9.42 Å². The van der Waals surface area contributed by atoms with E-state index in [0.717, 1.165) is 0 Å². The van der Waals surface area contributed by atoms with Crippen LogP contribution in [0.4, 0.5) is 0 Å². The molecule has 0 rings (SSSR count). The molecule has 1 N–H and O–H groups in total. The average molecular weight is 127 g/mol. The summed E-state index contributed by atoms with van der Waals surface area (Å²) in [6.45, 7) is 0. The fourth-order valence-electron chi connectivity index (χ4n) is 0. The van der Waals surface area contributed by atoms with Gasteiger partial charge < -0.3 is 0 Å². The molecular weight excluding hydrogens is 126 g/mol. The van der Waals surface area contributed by atoms with Crippen molar-refractivity contribution in [2.45, 2.75) is 0 Å². The van der Waals surface area contributed by atoms with Crippen LogP contribution in [0.1, 0.15) is 0 Å². The van der Waals surface area contributed by atoms with E-state index in [0.29, 0.717) is 4.93 Å². The van der Waals surface area contributed by atoms with E-state index in [1.54, 1.807) is 0 Å². The molecule has 0 aliphatic rings. The van der Waals surface area contributed by atoms with Gasteiger partial charge >= 0.3 is 35.2 Å². The minimum atomic E-state index is -4.97. The van der Waals surface area contributed by atoms with Gasteiger partial charge in [-0.05, 0) is 0 Å². The van der Waals surface area contributed by atoms with Crippen LogP contribution in [0.25, 0.3) is 0 Å².